The third kappa shape index (κ3) is 6.56. The predicted octanol–water partition coefficient (Wildman–Crippen LogP) is 2.77. The third-order valence-electron chi connectivity index (χ3n) is 4.10. The maximum Gasteiger partial charge on any atom is 0.308 e. The third-order valence-corrected chi connectivity index (χ3v) is 6.17. The van der Waals surface area contributed by atoms with E-state index in [1.54, 1.807) is 31.2 Å². The van der Waals surface area contributed by atoms with Crippen LogP contribution in [0.4, 0.5) is 0 Å². The predicted molar refractivity (Wildman–Crippen MR) is 110 cm³/mol. The second-order valence-corrected chi connectivity index (χ2v) is 8.74. The van der Waals surface area contributed by atoms with Gasteiger partial charge in [-0.25, -0.2) is 8.42 Å². The van der Waals surface area contributed by atoms with Gasteiger partial charge in [0.05, 0.1) is 30.5 Å². The van der Waals surface area contributed by atoms with Crippen molar-refractivity contribution >= 4 is 33.5 Å². The minimum absolute atomic E-state index is 0.0309. The molecule has 7 nitrogen and oxygen atoms in total. The largest absolute Gasteiger partial charge is 0.466 e. The molecule has 1 amide bonds. The Kier molecular flexibility index (Phi) is 8.19. The summed E-state index contributed by atoms with van der Waals surface area (Å²) in [5.74, 6) is -0.994. The Hall–Kier alpha value is -2.42. The lowest BCUT2D eigenvalue weighted by Crippen LogP contribution is -2.40. The molecule has 2 aromatic carbocycles. The molecule has 0 fully saturated rings. The lowest BCUT2D eigenvalue weighted by molar-refractivity contribution is -0.143. The van der Waals surface area contributed by atoms with Gasteiger partial charge in [-0.3, -0.25) is 9.59 Å². The van der Waals surface area contributed by atoms with E-state index >= 15 is 0 Å². The van der Waals surface area contributed by atoms with Gasteiger partial charge < -0.3 is 10.1 Å². The second-order valence-electron chi connectivity index (χ2n) is 6.25. The number of benzene rings is 2. The highest BCUT2D eigenvalue weighted by Crippen LogP contribution is 2.19. The Morgan fingerprint density at radius 3 is 2.31 bits per heavy atom. The summed E-state index contributed by atoms with van der Waals surface area (Å²) in [6.07, 6.45) is -0.0583. The summed E-state index contributed by atoms with van der Waals surface area (Å²) >= 11 is 5.79. The summed E-state index contributed by atoms with van der Waals surface area (Å²) in [5.41, 5.74) is 0.720. The van der Waals surface area contributed by atoms with Crippen molar-refractivity contribution in [3.63, 3.8) is 0 Å². The molecule has 156 valence electrons. The van der Waals surface area contributed by atoms with Gasteiger partial charge in [0.15, 0.2) is 0 Å². The Labute approximate surface area is 175 Å². The van der Waals surface area contributed by atoms with Crippen LogP contribution in [0.3, 0.4) is 0 Å². The zero-order valence-electron chi connectivity index (χ0n) is 16.2. The van der Waals surface area contributed by atoms with Crippen LogP contribution in [0.2, 0.25) is 5.02 Å². The average molecular weight is 439 g/mol. The number of halogens is 1. The van der Waals surface area contributed by atoms with Crippen LogP contribution in [-0.2, 0) is 24.3 Å². The minimum atomic E-state index is -3.86. The van der Waals surface area contributed by atoms with E-state index in [1.807, 2.05) is 6.07 Å². The molecule has 2 aromatic rings. The van der Waals surface area contributed by atoms with Gasteiger partial charge in [0.2, 0.25) is 15.9 Å². The van der Waals surface area contributed by atoms with E-state index in [0.717, 1.165) is 9.87 Å². The lowest BCUT2D eigenvalue weighted by Gasteiger charge is -2.21. The molecule has 0 aliphatic rings. The molecule has 0 heterocycles. The molecule has 29 heavy (non-hydrogen) atoms. The van der Waals surface area contributed by atoms with Gasteiger partial charge in [-0.2, -0.15) is 4.31 Å². The van der Waals surface area contributed by atoms with Crippen molar-refractivity contribution in [1.29, 1.82) is 0 Å². The molecule has 0 aliphatic heterocycles. The maximum absolute atomic E-state index is 12.6. The number of nitrogens with one attached hydrogen (secondary N) is 1. The first-order valence-electron chi connectivity index (χ1n) is 8.96. The van der Waals surface area contributed by atoms with Gasteiger partial charge in [-0.15, -0.1) is 0 Å². The number of ether oxygens (including phenoxy) is 1. The molecule has 0 aliphatic carbocycles. The van der Waals surface area contributed by atoms with Gasteiger partial charge in [0, 0.05) is 12.1 Å². The van der Waals surface area contributed by atoms with Crippen LogP contribution in [0.25, 0.3) is 0 Å². The summed E-state index contributed by atoms with van der Waals surface area (Å²) in [6.45, 7) is 1.53. The summed E-state index contributed by atoms with van der Waals surface area (Å²) in [7, 11) is -2.55. The molecular weight excluding hydrogens is 416 g/mol. The van der Waals surface area contributed by atoms with Crippen LogP contribution >= 0.6 is 11.6 Å². The number of hydrogen-bond donors (Lipinski definition) is 1. The Morgan fingerprint density at radius 2 is 1.72 bits per heavy atom. The highest BCUT2D eigenvalue weighted by atomic mass is 35.5. The van der Waals surface area contributed by atoms with Crippen LogP contribution < -0.4 is 5.32 Å². The van der Waals surface area contributed by atoms with Crippen molar-refractivity contribution in [2.24, 2.45) is 0 Å². The normalized spacial score (nSPS) is 12.4. The van der Waals surface area contributed by atoms with Crippen molar-refractivity contribution in [2.75, 3.05) is 20.2 Å². The van der Waals surface area contributed by atoms with Crippen LogP contribution in [0.15, 0.2) is 59.5 Å². The summed E-state index contributed by atoms with van der Waals surface area (Å²) in [4.78, 5) is 24.5. The molecule has 0 spiro atoms. The average Bonchev–Trinajstić information content (AvgIpc) is 2.68. The highest BCUT2D eigenvalue weighted by Gasteiger charge is 2.25. The van der Waals surface area contributed by atoms with E-state index < -0.39 is 34.5 Å². The number of rotatable bonds is 9. The molecular formula is C20H23ClN2O5S. The van der Waals surface area contributed by atoms with Crippen molar-refractivity contribution in [2.45, 2.75) is 24.3 Å². The fourth-order valence-corrected chi connectivity index (χ4v) is 3.89. The number of sulfonamides is 1. The van der Waals surface area contributed by atoms with E-state index in [2.05, 4.69) is 5.32 Å². The summed E-state index contributed by atoms with van der Waals surface area (Å²) in [6, 6.07) is 14.0. The van der Waals surface area contributed by atoms with Crippen molar-refractivity contribution in [1.82, 2.24) is 9.62 Å². The second kappa shape index (κ2) is 10.4. The highest BCUT2D eigenvalue weighted by molar-refractivity contribution is 7.89. The Morgan fingerprint density at radius 1 is 1.10 bits per heavy atom. The van der Waals surface area contributed by atoms with E-state index in [4.69, 9.17) is 16.3 Å². The zero-order chi connectivity index (χ0) is 21.4. The van der Waals surface area contributed by atoms with Crippen LogP contribution in [-0.4, -0.2) is 44.8 Å². The molecule has 1 unspecified atom stereocenters. The SMILES string of the molecule is CCOC(=O)CC(NC(=O)CN(C)S(=O)(=O)c1ccc(Cl)cc1)c1ccccc1. The molecule has 1 atom stereocenters. The number of carbonyl (C=O) groups excluding carboxylic acids is 2. The zero-order valence-corrected chi connectivity index (χ0v) is 17.7. The molecule has 0 radical (unpaired) electrons. The molecule has 0 saturated heterocycles. The van der Waals surface area contributed by atoms with Gasteiger partial charge in [0.1, 0.15) is 0 Å². The fourth-order valence-electron chi connectivity index (χ4n) is 2.64. The summed E-state index contributed by atoms with van der Waals surface area (Å²) in [5, 5.41) is 3.13. The first kappa shape index (κ1) is 22.9. The van der Waals surface area contributed by atoms with Gasteiger partial charge in [-0.1, -0.05) is 41.9 Å². The fraction of sp³-hybridized carbons (Fsp3) is 0.300. The number of likely N-dealkylation sites (N-methyl/N-ethyl adjacent to an activating group) is 1. The van der Waals surface area contributed by atoms with E-state index in [-0.39, 0.29) is 17.9 Å². The van der Waals surface area contributed by atoms with Gasteiger partial charge in [0.25, 0.3) is 0 Å². The molecule has 2 rings (SSSR count). The standard InChI is InChI=1S/C20H23ClN2O5S/c1-3-28-20(25)13-18(15-7-5-4-6-8-15)22-19(24)14-23(2)29(26,27)17-11-9-16(21)10-12-17/h4-12,18H,3,13-14H2,1-2H3,(H,22,24). The number of hydrogen-bond acceptors (Lipinski definition) is 5. The van der Waals surface area contributed by atoms with E-state index in [9.17, 15) is 18.0 Å². The Bertz CT molecular complexity index is 933. The lowest BCUT2D eigenvalue weighted by atomic mass is 10.0. The summed E-state index contributed by atoms with van der Waals surface area (Å²) < 4.78 is 31.2. The topological polar surface area (TPSA) is 92.8 Å². The molecule has 0 aromatic heterocycles. The number of esters is 1. The first-order valence-corrected chi connectivity index (χ1v) is 10.8. The number of nitrogens with zero attached hydrogens (tertiary/aromatic N) is 1. The molecule has 9 heteroatoms. The van der Waals surface area contributed by atoms with E-state index in [1.165, 1.54) is 31.3 Å². The van der Waals surface area contributed by atoms with Crippen molar-refractivity contribution in [3.05, 3.63) is 65.2 Å². The van der Waals surface area contributed by atoms with Gasteiger partial charge in [-0.05, 0) is 36.8 Å². The smallest absolute Gasteiger partial charge is 0.308 e. The van der Waals surface area contributed by atoms with E-state index in [0.29, 0.717) is 5.02 Å². The molecule has 1 N–H and O–H groups in total. The van der Waals surface area contributed by atoms with Crippen molar-refractivity contribution in [3.8, 4) is 0 Å². The Balaban J connectivity index is 2.10. The molecule has 0 bridgehead atoms. The monoisotopic (exact) mass is 438 g/mol. The number of amides is 1. The quantitative estimate of drug-likeness (QED) is 0.607. The van der Waals surface area contributed by atoms with Crippen molar-refractivity contribution < 1.29 is 22.7 Å². The minimum Gasteiger partial charge on any atom is -0.466 e. The van der Waals surface area contributed by atoms with Gasteiger partial charge >= 0.3 is 5.97 Å². The maximum atomic E-state index is 12.6. The van der Waals surface area contributed by atoms with Crippen LogP contribution in [0.5, 0.6) is 0 Å². The van der Waals surface area contributed by atoms with Crippen LogP contribution in [0, 0.1) is 0 Å². The molecule has 0 saturated carbocycles. The first-order chi connectivity index (χ1) is 13.7. The number of carbonyl (C=O) groups is 2. The van der Waals surface area contributed by atoms with Crippen LogP contribution in [0.1, 0.15) is 24.9 Å².